The Kier molecular flexibility index (Phi) is 3.33. The van der Waals surface area contributed by atoms with Gasteiger partial charge in [0, 0.05) is 12.7 Å². The molecule has 15 heavy (non-hydrogen) atoms. The molecule has 0 aromatic rings. The quantitative estimate of drug-likeness (QED) is 0.697. The largest absolute Gasteiger partial charge is 0.356 e. The minimum absolute atomic E-state index is 0.0304. The molecule has 0 aromatic carbocycles. The van der Waals surface area contributed by atoms with E-state index in [1.807, 2.05) is 18.1 Å². The summed E-state index contributed by atoms with van der Waals surface area (Å²) >= 11 is 7.44. The van der Waals surface area contributed by atoms with Crippen LogP contribution in [-0.4, -0.2) is 41.5 Å². The van der Waals surface area contributed by atoms with E-state index in [-0.39, 0.29) is 6.23 Å². The zero-order valence-corrected chi connectivity index (χ0v) is 10.2. The second-order valence-corrected chi connectivity index (χ2v) is 4.21. The fourth-order valence-electron chi connectivity index (χ4n) is 1.56. The van der Waals surface area contributed by atoms with Crippen LogP contribution in [-0.2, 0) is 4.74 Å². The minimum Gasteiger partial charge on any atom is -0.356 e. The molecule has 0 N–H and O–H groups in total. The van der Waals surface area contributed by atoms with Crippen molar-refractivity contribution in [3.8, 4) is 0 Å². The number of halogens is 1. The number of aliphatic imine (C=N–C) groups is 2. The lowest BCUT2D eigenvalue weighted by atomic mass is 10.4. The summed E-state index contributed by atoms with van der Waals surface area (Å²) in [7, 11) is 0. The minimum atomic E-state index is -0.0304. The van der Waals surface area contributed by atoms with E-state index in [4.69, 9.17) is 16.3 Å². The molecule has 0 aliphatic carbocycles. The van der Waals surface area contributed by atoms with E-state index >= 15 is 0 Å². The van der Waals surface area contributed by atoms with Gasteiger partial charge in [0.05, 0.1) is 6.54 Å². The van der Waals surface area contributed by atoms with Crippen LogP contribution in [0.3, 0.4) is 0 Å². The molecule has 1 unspecified atom stereocenters. The van der Waals surface area contributed by atoms with Crippen LogP contribution in [0.4, 0.5) is 0 Å². The molecule has 2 aliphatic heterocycles. The van der Waals surface area contributed by atoms with E-state index in [2.05, 4.69) is 9.98 Å². The summed E-state index contributed by atoms with van der Waals surface area (Å²) in [5.74, 6) is 0.845. The van der Waals surface area contributed by atoms with Crippen molar-refractivity contribution in [3.05, 3.63) is 11.2 Å². The molecule has 1 atom stereocenters. The molecule has 2 heterocycles. The van der Waals surface area contributed by atoms with Crippen molar-refractivity contribution in [1.82, 2.24) is 4.90 Å². The lowest BCUT2D eigenvalue weighted by Gasteiger charge is -2.28. The molecule has 0 bridgehead atoms. The Morgan fingerprint density at radius 1 is 1.73 bits per heavy atom. The molecule has 2 aliphatic rings. The van der Waals surface area contributed by atoms with Crippen molar-refractivity contribution in [1.29, 1.82) is 0 Å². The van der Waals surface area contributed by atoms with Crippen LogP contribution in [0.5, 0.6) is 0 Å². The average Bonchev–Trinajstić information content (AvgIpc) is 2.61. The number of nitrogens with zero attached hydrogens (tertiary/aromatic N) is 3. The fourth-order valence-corrected chi connectivity index (χ4v) is 2.39. The highest BCUT2D eigenvalue weighted by Gasteiger charge is 2.33. The number of hydrogen-bond donors (Lipinski definition) is 0. The van der Waals surface area contributed by atoms with E-state index in [0.717, 1.165) is 11.0 Å². The smallest absolute Gasteiger partial charge is 0.172 e. The zero-order valence-electron chi connectivity index (χ0n) is 8.61. The first-order valence-corrected chi connectivity index (χ1v) is 6.31. The van der Waals surface area contributed by atoms with Gasteiger partial charge in [-0.25, -0.2) is 4.99 Å². The fraction of sp³-hybridized carbons (Fsp3) is 0.556. The molecule has 6 heteroatoms. The summed E-state index contributed by atoms with van der Waals surface area (Å²) in [6.07, 6.45) is 3.70. The van der Waals surface area contributed by atoms with Crippen LogP contribution < -0.4 is 0 Å². The second kappa shape index (κ2) is 4.55. The van der Waals surface area contributed by atoms with Gasteiger partial charge in [-0.15, -0.1) is 0 Å². The predicted octanol–water partition coefficient (Wildman–Crippen LogP) is 1.88. The van der Waals surface area contributed by atoms with Crippen molar-refractivity contribution >= 4 is 34.4 Å². The van der Waals surface area contributed by atoms with Crippen molar-refractivity contribution in [2.45, 2.75) is 13.2 Å². The Balaban J connectivity index is 2.24. The number of fused-ring (bicyclic) bond motifs is 1. The highest BCUT2D eigenvalue weighted by molar-refractivity contribution is 8.13. The third-order valence-corrected chi connectivity index (χ3v) is 2.99. The Bertz CT molecular complexity index is 353. The van der Waals surface area contributed by atoms with Gasteiger partial charge in [-0.3, -0.25) is 9.89 Å². The molecule has 0 radical (unpaired) electrons. The SMILES string of the molecule is CCOC1CN=C2C=C(Cl)N=C(SC)N21. The van der Waals surface area contributed by atoms with Gasteiger partial charge in [0.15, 0.2) is 11.4 Å². The molecule has 0 saturated heterocycles. The van der Waals surface area contributed by atoms with Gasteiger partial charge in [0.2, 0.25) is 0 Å². The summed E-state index contributed by atoms with van der Waals surface area (Å²) in [5, 5.41) is 1.32. The van der Waals surface area contributed by atoms with Gasteiger partial charge in [0.25, 0.3) is 0 Å². The monoisotopic (exact) mass is 245 g/mol. The Hall–Kier alpha value is -0.520. The maximum Gasteiger partial charge on any atom is 0.172 e. The lowest BCUT2D eigenvalue weighted by Crippen LogP contribution is -2.42. The molecular weight excluding hydrogens is 234 g/mol. The van der Waals surface area contributed by atoms with Crippen molar-refractivity contribution < 1.29 is 4.74 Å². The first-order valence-electron chi connectivity index (χ1n) is 4.71. The van der Waals surface area contributed by atoms with Crippen LogP contribution >= 0.6 is 23.4 Å². The van der Waals surface area contributed by atoms with Gasteiger partial charge >= 0.3 is 0 Å². The summed E-state index contributed by atoms with van der Waals surface area (Å²) < 4.78 is 5.58. The number of hydrogen-bond acceptors (Lipinski definition) is 5. The highest BCUT2D eigenvalue weighted by Crippen LogP contribution is 2.25. The number of amidine groups is 2. The third-order valence-electron chi connectivity index (χ3n) is 2.14. The molecule has 0 fully saturated rings. The molecule has 0 aromatic heterocycles. The highest BCUT2D eigenvalue weighted by atomic mass is 35.5. The van der Waals surface area contributed by atoms with Crippen LogP contribution in [0, 0.1) is 0 Å². The normalized spacial score (nSPS) is 24.6. The topological polar surface area (TPSA) is 37.2 Å². The van der Waals surface area contributed by atoms with Crippen LogP contribution in [0.25, 0.3) is 0 Å². The summed E-state index contributed by atoms with van der Waals surface area (Å²) in [6.45, 7) is 3.28. The number of thioether (sulfide) groups is 1. The first kappa shape index (κ1) is 11.0. The van der Waals surface area contributed by atoms with E-state index in [0.29, 0.717) is 18.3 Å². The Morgan fingerprint density at radius 3 is 3.20 bits per heavy atom. The van der Waals surface area contributed by atoms with Crippen molar-refractivity contribution in [2.24, 2.45) is 9.98 Å². The molecule has 82 valence electrons. The number of ether oxygens (including phenoxy) is 1. The zero-order chi connectivity index (χ0) is 10.8. The van der Waals surface area contributed by atoms with Crippen molar-refractivity contribution in [3.63, 3.8) is 0 Å². The lowest BCUT2D eigenvalue weighted by molar-refractivity contribution is 0.0245. The molecule has 4 nitrogen and oxygen atoms in total. The van der Waals surface area contributed by atoms with Crippen LogP contribution in [0.2, 0.25) is 0 Å². The summed E-state index contributed by atoms with van der Waals surface area (Å²) in [5.41, 5.74) is 0. The van der Waals surface area contributed by atoms with Crippen LogP contribution in [0.1, 0.15) is 6.92 Å². The van der Waals surface area contributed by atoms with E-state index in [9.17, 15) is 0 Å². The van der Waals surface area contributed by atoms with Gasteiger partial charge in [-0.2, -0.15) is 0 Å². The third kappa shape index (κ3) is 2.04. The first-order chi connectivity index (χ1) is 7.26. The Morgan fingerprint density at radius 2 is 2.53 bits per heavy atom. The number of rotatable bonds is 2. The average molecular weight is 246 g/mol. The maximum atomic E-state index is 5.89. The van der Waals surface area contributed by atoms with Crippen molar-refractivity contribution in [2.75, 3.05) is 19.4 Å². The van der Waals surface area contributed by atoms with Gasteiger partial charge in [-0.05, 0) is 13.2 Å². The molecule has 0 saturated carbocycles. The summed E-state index contributed by atoms with van der Waals surface area (Å²) in [6, 6.07) is 0. The summed E-state index contributed by atoms with van der Waals surface area (Å²) in [4.78, 5) is 10.6. The predicted molar refractivity (Wildman–Crippen MR) is 64.4 cm³/mol. The molecular formula is C9H12ClN3OS. The van der Waals surface area contributed by atoms with Crippen LogP contribution in [0.15, 0.2) is 21.2 Å². The molecule has 2 rings (SSSR count). The van der Waals surface area contributed by atoms with E-state index in [1.54, 1.807) is 17.8 Å². The van der Waals surface area contributed by atoms with E-state index < -0.39 is 0 Å². The standard InChI is InChI=1S/C9H12ClN3OS/c1-3-14-8-5-11-7-4-6(10)12-9(15-2)13(7)8/h4,8H,3,5H2,1-2H3. The molecule has 0 spiro atoms. The second-order valence-electron chi connectivity index (χ2n) is 3.04. The van der Waals surface area contributed by atoms with Gasteiger partial charge < -0.3 is 4.74 Å². The Labute approximate surface area is 98.0 Å². The molecule has 0 amide bonds. The van der Waals surface area contributed by atoms with Gasteiger partial charge in [0.1, 0.15) is 11.0 Å². The van der Waals surface area contributed by atoms with Gasteiger partial charge in [-0.1, -0.05) is 23.4 Å². The maximum absolute atomic E-state index is 5.89. The van der Waals surface area contributed by atoms with E-state index in [1.165, 1.54) is 0 Å².